The summed E-state index contributed by atoms with van der Waals surface area (Å²) in [4.78, 5) is 11.5. The van der Waals surface area contributed by atoms with Crippen LogP contribution in [-0.4, -0.2) is 45.2 Å². The van der Waals surface area contributed by atoms with E-state index < -0.39 is 13.0 Å². The average molecular weight is 250 g/mol. The van der Waals surface area contributed by atoms with Crippen molar-refractivity contribution in [3.05, 3.63) is 0 Å². The van der Waals surface area contributed by atoms with Gasteiger partial charge in [0.05, 0.1) is 6.61 Å². The largest absolute Gasteiger partial charge is 0.374 e. The number of halogens is 2. The molecule has 0 unspecified atom stereocenters. The van der Waals surface area contributed by atoms with Crippen LogP contribution in [0.15, 0.2) is 0 Å². The number of carbonyl (C=O) groups is 1. The first kappa shape index (κ1) is 14.3. The Morgan fingerprint density at radius 3 is 2.76 bits per heavy atom. The second-order valence-corrected chi connectivity index (χ2v) is 4.21. The summed E-state index contributed by atoms with van der Waals surface area (Å²) in [5.41, 5.74) is 0. The molecule has 1 rings (SSSR count). The predicted octanol–water partition coefficient (Wildman–Crippen LogP) is 0.774. The summed E-state index contributed by atoms with van der Waals surface area (Å²) in [6.45, 7) is 1.81. The standard InChI is InChI=1S/C11H20F2N2O2/c12-10(13)8-17-6-5-15-11(16)7-9-1-3-14-4-2-9/h9-10,14H,1-8H2,(H,15,16). The fraction of sp³-hybridized carbons (Fsp3) is 0.909. The number of hydrogen-bond donors (Lipinski definition) is 2. The molecule has 0 atom stereocenters. The fourth-order valence-corrected chi connectivity index (χ4v) is 1.86. The zero-order chi connectivity index (χ0) is 12.5. The van der Waals surface area contributed by atoms with Gasteiger partial charge in [-0.1, -0.05) is 0 Å². The number of hydrogen-bond acceptors (Lipinski definition) is 3. The molecule has 1 aliphatic heterocycles. The molecule has 0 aromatic heterocycles. The van der Waals surface area contributed by atoms with Gasteiger partial charge >= 0.3 is 0 Å². The van der Waals surface area contributed by atoms with Gasteiger partial charge in [-0.05, 0) is 31.8 Å². The first-order chi connectivity index (χ1) is 8.18. The molecule has 0 spiro atoms. The Morgan fingerprint density at radius 1 is 1.41 bits per heavy atom. The molecule has 1 heterocycles. The minimum Gasteiger partial charge on any atom is -0.374 e. The highest BCUT2D eigenvalue weighted by Gasteiger charge is 2.16. The van der Waals surface area contributed by atoms with Crippen LogP contribution in [0.25, 0.3) is 0 Å². The number of nitrogens with one attached hydrogen (secondary N) is 2. The maximum atomic E-state index is 11.7. The molecule has 0 aromatic rings. The van der Waals surface area contributed by atoms with Crippen LogP contribution in [0.2, 0.25) is 0 Å². The van der Waals surface area contributed by atoms with Gasteiger partial charge < -0.3 is 15.4 Å². The third-order valence-electron chi connectivity index (χ3n) is 2.75. The molecule has 17 heavy (non-hydrogen) atoms. The van der Waals surface area contributed by atoms with Crippen molar-refractivity contribution in [2.75, 3.05) is 32.8 Å². The molecule has 1 aliphatic rings. The van der Waals surface area contributed by atoms with E-state index >= 15 is 0 Å². The number of rotatable bonds is 7. The topological polar surface area (TPSA) is 50.4 Å². The van der Waals surface area contributed by atoms with Crippen molar-refractivity contribution in [1.29, 1.82) is 0 Å². The van der Waals surface area contributed by atoms with Crippen molar-refractivity contribution in [1.82, 2.24) is 10.6 Å². The van der Waals surface area contributed by atoms with E-state index in [1.807, 2.05) is 0 Å². The van der Waals surface area contributed by atoms with Gasteiger partial charge in [0.2, 0.25) is 5.91 Å². The van der Waals surface area contributed by atoms with Crippen LogP contribution in [0.4, 0.5) is 8.78 Å². The van der Waals surface area contributed by atoms with E-state index in [0.29, 0.717) is 18.9 Å². The number of carbonyl (C=O) groups excluding carboxylic acids is 1. The average Bonchev–Trinajstić information content (AvgIpc) is 2.29. The predicted molar refractivity (Wildman–Crippen MR) is 60.0 cm³/mol. The minimum absolute atomic E-state index is 0.0162. The normalized spacial score (nSPS) is 17.4. The Hall–Kier alpha value is -0.750. The fourth-order valence-electron chi connectivity index (χ4n) is 1.86. The summed E-state index contributed by atoms with van der Waals surface area (Å²) in [6.07, 6.45) is 0.127. The summed E-state index contributed by atoms with van der Waals surface area (Å²) >= 11 is 0. The van der Waals surface area contributed by atoms with Crippen LogP contribution in [0.1, 0.15) is 19.3 Å². The number of piperidine rings is 1. The SMILES string of the molecule is O=C(CC1CCNCC1)NCCOCC(F)F. The van der Waals surface area contributed by atoms with Crippen LogP contribution in [0.5, 0.6) is 0 Å². The highest BCUT2D eigenvalue weighted by atomic mass is 19.3. The van der Waals surface area contributed by atoms with E-state index in [9.17, 15) is 13.6 Å². The summed E-state index contributed by atoms with van der Waals surface area (Å²) in [5.74, 6) is 0.427. The molecular weight excluding hydrogens is 230 g/mol. The van der Waals surface area contributed by atoms with Crippen LogP contribution < -0.4 is 10.6 Å². The van der Waals surface area contributed by atoms with Gasteiger partial charge in [0, 0.05) is 13.0 Å². The second-order valence-electron chi connectivity index (χ2n) is 4.21. The lowest BCUT2D eigenvalue weighted by molar-refractivity contribution is -0.122. The van der Waals surface area contributed by atoms with Gasteiger partial charge in [-0.25, -0.2) is 8.78 Å². The van der Waals surface area contributed by atoms with E-state index in [0.717, 1.165) is 25.9 Å². The molecule has 0 radical (unpaired) electrons. The maximum Gasteiger partial charge on any atom is 0.261 e. The molecule has 0 bridgehead atoms. The molecule has 0 saturated carbocycles. The Balaban J connectivity index is 1.97. The van der Waals surface area contributed by atoms with Crippen LogP contribution in [0.3, 0.4) is 0 Å². The van der Waals surface area contributed by atoms with Crippen molar-refractivity contribution in [3.63, 3.8) is 0 Å². The molecule has 1 fully saturated rings. The summed E-state index contributed by atoms with van der Waals surface area (Å²) < 4.78 is 28.1. The lowest BCUT2D eigenvalue weighted by Crippen LogP contribution is -2.33. The highest BCUT2D eigenvalue weighted by Crippen LogP contribution is 2.15. The number of ether oxygens (including phenoxy) is 1. The number of amides is 1. The third kappa shape index (κ3) is 7.23. The van der Waals surface area contributed by atoms with E-state index in [1.165, 1.54) is 0 Å². The van der Waals surface area contributed by atoms with Gasteiger partial charge in [-0.15, -0.1) is 0 Å². The molecule has 1 amide bonds. The van der Waals surface area contributed by atoms with Gasteiger partial charge in [-0.3, -0.25) is 4.79 Å². The van der Waals surface area contributed by atoms with E-state index in [1.54, 1.807) is 0 Å². The van der Waals surface area contributed by atoms with Gasteiger partial charge in [-0.2, -0.15) is 0 Å². The second kappa shape index (κ2) is 8.36. The highest BCUT2D eigenvalue weighted by molar-refractivity contribution is 5.76. The zero-order valence-electron chi connectivity index (χ0n) is 9.88. The molecular formula is C11H20F2N2O2. The molecule has 0 aromatic carbocycles. The Bertz CT molecular complexity index is 222. The summed E-state index contributed by atoms with van der Waals surface area (Å²) in [5, 5.41) is 5.91. The zero-order valence-corrected chi connectivity index (χ0v) is 9.88. The molecule has 100 valence electrons. The van der Waals surface area contributed by atoms with Crippen LogP contribution in [0, 0.1) is 5.92 Å². The molecule has 0 aliphatic carbocycles. The lowest BCUT2D eigenvalue weighted by atomic mass is 9.94. The van der Waals surface area contributed by atoms with Crippen LogP contribution >= 0.6 is 0 Å². The van der Waals surface area contributed by atoms with Crippen LogP contribution in [-0.2, 0) is 9.53 Å². The van der Waals surface area contributed by atoms with E-state index in [-0.39, 0.29) is 12.5 Å². The monoisotopic (exact) mass is 250 g/mol. The molecule has 2 N–H and O–H groups in total. The van der Waals surface area contributed by atoms with Gasteiger partial charge in [0.15, 0.2) is 0 Å². The van der Waals surface area contributed by atoms with Crippen molar-refractivity contribution in [2.24, 2.45) is 5.92 Å². The summed E-state index contributed by atoms with van der Waals surface area (Å²) in [6, 6.07) is 0. The lowest BCUT2D eigenvalue weighted by Gasteiger charge is -2.21. The van der Waals surface area contributed by atoms with E-state index in [4.69, 9.17) is 0 Å². The van der Waals surface area contributed by atoms with Crippen molar-refractivity contribution in [3.8, 4) is 0 Å². The first-order valence-corrected chi connectivity index (χ1v) is 6.02. The minimum atomic E-state index is -2.44. The Morgan fingerprint density at radius 2 is 2.12 bits per heavy atom. The smallest absolute Gasteiger partial charge is 0.261 e. The third-order valence-corrected chi connectivity index (χ3v) is 2.75. The maximum absolute atomic E-state index is 11.7. The van der Waals surface area contributed by atoms with Gasteiger partial charge in [0.1, 0.15) is 6.61 Å². The Labute approximate surface area is 100 Å². The van der Waals surface area contributed by atoms with E-state index in [2.05, 4.69) is 15.4 Å². The first-order valence-electron chi connectivity index (χ1n) is 6.02. The molecule has 1 saturated heterocycles. The number of alkyl halides is 2. The quantitative estimate of drug-likeness (QED) is 0.656. The van der Waals surface area contributed by atoms with Crippen molar-refractivity contribution < 1.29 is 18.3 Å². The van der Waals surface area contributed by atoms with Crippen molar-refractivity contribution >= 4 is 5.91 Å². The summed E-state index contributed by atoms with van der Waals surface area (Å²) in [7, 11) is 0. The Kier molecular flexibility index (Phi) is 7.04. The van der Waals surface area contributed by atoms with Gasteiger partial charge in [0.25, 0.3) is 6.43 Å². The van der Waals surface area contributed by atoms with Crippen molar-refractivity contribution in [2.45, 2.75) is 25.7 Å². The molecule has 6 heteroatoms. The molecule has 4 nitrogen and oxygen atoms in total.